The van der Waals surface area contributed by atoms with Crippen LogP contribution in [0.3, 0.4) is 0 Å². The number of ether oxygens (including phenoxy) is 1. The predicted molar refractivity (Wildman–Crippen MR) is 44.1 cm³/mol. The van der Waals surface area contributed by atoms with Crippen molar-refractivity contribution >= 4 is 5.97 Å². The average Bonchev–Trinajstić information content (AvgIpc) is 2.01. The fourth-order valence-electron chi connectivity index (χ4n) is 0.714. The van der Waals surface area contributed by atoms with E-state index in [2.05, 4.69) is 0 Å². The third kappa shape index (κ3) is 3.35. The Labute approximate surface area is 72.3 Å². The SMILES string of the molecule is CCOC(=O)C(C)(N)CCC#N. The van der Waals surface area contributed by atoms with Crippen LogP contribution in [0.15, 0.2) is 0 Å². The van der Waals surface area contributed by atoms with Gasteiger partial charge in [0.15, 0.2) is 0 Å². The maximum atomic E-state index is 11.1. The zero-order valence-corrected chi connectivity index (χ0v) is 7.46. The maximum absolute atomic E-state index is 11.1. The molecule has 0 spiro atoms. The maximum Gasteiger partial charge on any atom is 0.325 e. The molecule has 0 saturated carbocycles. The first kappa shape index (κ1) is 10.9. The number of carbonyl (C=O) groups is 1. The second-order valence-corrected chi connectivity index (χ2v) is 2.80. The third-order valence-electron chi connectivity index (χ3n) is 1.50. The number of hydrogen-bond acceptors (Lipinski definition) is 4. The van der Waals surface area contributed by atoms with Gasteiger partial charge in [0.1, 0.15) is 5.54 Å². The van der Waals surface area contributed by atoms with E-state index in [4.69, 9.17) is 15.7 Å². The van der Waals surface area contributed by atoms with Crippen LogP contribution in [0.25, 0.3) is 0 Å². The highest BCUT2D eigenvalue weighted by molar-refractivity contribution is 5.79. The molecule has 0 radical (unpaired) electrons. The van der Waals surface area contributed by atoms with Gasteiger partial charge in [-0.1, -0.05) is 0 Å². The third-order valence-corrected chi connectivity index (χ3v) is 1.50. The molecule has 0 heterocycles. The van der Waals surface area contributed by atoms with Crippen molar-refractivity contribution < 1.29 is 9.53 Å². The summed E-state index contributed by atoms with van der Waals surface area (Å²) in [6.07, 6.45) is 0.605. The lowest BCUT2D eigenvalue weighted by atomic mass is 9.98. The van der Waals surface area contributed by atoms with Crippen molar-refractivity contribution in [2.75, 3.05) is 6.61 Å². The quantitative estimate of drug-likeness (QED) is 0.626. The summed E-state index contributed by atoms with van der Waals surface area (Å²) in [5.41, 5.74) is 4.58. The molecule has 0 aliphatic rings. The molecule has 0 bridgehead atoms. The molecule has 0 fully saturated rings. The summed E-state index contributed by atoms with van der Waals surface area (Å²) in [5, 5.41) is 8.28. The van der Waals surface area contributed by atoms with E-state index in [0.29, 0.717) is 13.0 Å². The summed E-state index contributed by atoms with van der Waals surface area (Å²) in [6.45, 7) is 3.61. The second-order valence-electron chi connectivity index (χ2n) is 2.80. The van der Waals surface area contributed by atoms with Crippen molar-refractivity contribution in [2.45, 2.75) is 32.2 Å². The molecule has 0 aliphatic heterocycles. The van der Waals surface area contributed by atoms with Gasteiger partial charge in [0.05, 0.1) is 12.7 Å². The van der Waals surface area contributed by atoms with Gasteiger partial charge in [-0.05, 0) is 20.3 Å². The minimum absolute atomic E-state index is 0.270. The van der Waals surface area contributed by atoms with Crippen LogP contribution in [-0.4, -0.2) is 18.1 Å². The Bertz CT molecular complexity index is 194. The van der Waals surface area contributed by atoms with Crippen molar-refractivity contribution in [1.82, 2.24) is 0 Å². The molecule has 0 saturated heterocycles. The van der Waals surface area contributed by atoms with E-state index in [1.165, 1.54) is 0 Å². The van der Waals surface area contributed by atoms with Crippen molar-refractivity contribution in [3.63, 3.8) is 0 Å². The van der Waals surface area contributed by atoms with Crippen LogP contribution < -0.4 is 5.73 Å². The van der Waals surface area contributed by atoms with Crippen LogP contribution >= 0.6 is 0 Å². The predicted octanol–water partition coefficient (Wildman–Crippen LogP) is 0.571. The van der Waals surface area contributed by atoms with Gasteiger partial charge >= 0.3 is 5.97 Å². The minimum atomic E-state index is -1.02. The lowest BCUT2D eigenvalue weighted by molar-refractivity contribution is -0.149. The summed E-state index contributed by atoms with van der Waals surface area (Å²) in [7, 11) is 0. The van der Waals surface area contributed by atoms with Gasteiger partial charge in [-0.3, -0.25) is 4.79 Å². The van der Waals surface area contributed by atoms with E-state index in [9.17, 15) is 4.79 Å². The van der Waals surface area contributed by atoms with E-state index in [0.717, 1.165) is 0 Å². The van der Waals surface area contributed by atoms with Crippen LogP contribution in [0.1, 0.15) is 26.7 Å². The first-order chi connectivity index (χ1) is 5.54. The van der Waals surface area contributed by atoms with E-state index >= 15 is 0 Å². The Morgan fingerprint density at radius 2 is 2.33 bits per heavy atom. The lowest BCUT2D eigenvalue weighted by Gasteiger charge is -2.20. The number of nitrogens with zero attached hydrogens (tertiary/aromatic N) is 1. The molecule has 0 amide bonds. The Hall–Kier alpha value is -1.08. The molecular weight excluding hydrogens is 156 g/mol. The highest BCUT2D eigenvalue weighted by atomic mass is 16.5. The van der Waals surface area contributed by atoms with Gasteiger partial charge in [0.2, 0.25) is 0 Å². The summed E-state index contributed by atoms with van der Waals surface area (Å²) < 4.78 is 4.73. The molecule has 0 aromatic rings. The van der Waals surface area contributed by atoms with Crippen LogP contribution in [0.2, 0.25) is 0 Å². The molecular formula is C8H14N2O2. The van der Waals surface area contributed by atoms with Crippen molar-refractivity contribution in [1.29, 1.82) is 5.26 Å². The zero-order valence-electron chi connectivity index (χ0n) is 7.46. The van der Waals surface area contributed by atoms with Gasteiger partial charge in [-0.15, -0.1) is 0 Å². The Morgan fingerprint density at radius 1 is 1.75 bits per heavy atom. The summed E-state index contributed by atoms with van der Waals surface area (Å²) >= 11 is 0. The van der Waals surface area contributed by atoms with Gasteiger partial charge in [0, 0.05) is 6.42 Å². The highest BCUT2D eigenvalue weighted by Crippen LogP contribution is 2.10. The van der Waals surface area contributed by atoms with Crippen LogP contribution in [0, 0.1) is 11.3 Å². The Kier molecular flexibility index (Phi) is 4.30. The van der Waals surface area contributed by atoms with Gasteiger partial charge in [-0.2, -0.15) is 5.26 Å². The fourth-order valence-corrected chi connectivity index (χ4v) is 0.714. The smallest absolute Gasteiger partial charge is 0.325 e. The highest BCUT2D eigenvalue weighted by Gasteiger charge is 2.28. The second kappa shape index (κ2) is 4.73. The number of hydrogen-bond donors (Lipinski definition) is 1. The molecule has 0 aromatic heterocycles. The Morgan fingerprint density at radius 3 is 2.75 bits per heavy atom. The van der Waals surface area contributed by atoms with Crippen LogP contribution in [0.5, 0.6) is 0 Å². The Balaban J connectivity index is 4.01. The molecule has 1 atom stereocenters. The average molecular weight is 170 g/mol. The molecule has 0 aliphatic carbocycles. The number of carbonyl (C=O) groups excluding carboxylic acids is 1. The fraction of sp³-hybridized carbons (Fsp3) is 0.750. The number of esters is 1. The van der Waals surface area contributed by atoms with E-state index in [-0.39, 0.29) is 6.42 Å². The lowest BCUT2D eigenvalue weighted by Crippen LogP contribution is -2.46. The molecule has 12 heavy (non-hydrogen) atoms. The van der Waals surface area contributed by atoms with Crippen molar-refractivity contribution in [2.24, 2.45) is 5.73 Å². The first-order valence-electron chi connectivity index (χ1n) is 3.87. The molecule has 2 N–H and O–H groups in total. The zero-order chi connectivity index (χ0) is 9.61. The van der Waals surface area contributed by atoms with Gasteiger partial charge in [-0.25, -0.2) is 0 Å². The van der Waals surface area contributed by atoms with E-state index in [1.807, 2.05) is 6.07 Å². The molecule has 68 valence electrons. The number of nitrogens with two attached hydrogens (primary N) is 1. The molecule has 4 heteroatoms. The summed E-state index contributed by atoms with van der Waals surface area (Å²) in [6, 6.07) is 1.93. The summed E-state index contributed by atoms with van der Waals surface area (Å²) in [5.74, 6) is -0.444. The summed E-state index contributed by atoms with van der Waals surface area (Å²) in [4.78, 5) is 11.1. The normalized spacial score (nSPS) is 14.5. The monoisotopic (exact) mass is 170 g/mol. The van der Waals surface area contributed by atoms with Crippen LogP contribution in [0.4, 0.5) is 0 Å². The first-order valence-corrected chi connectivity index (χ1v) is 3.87. The minimum Gasteiger partial charge on any atom is -0.465 e. The standard InChI is InChI=1S/C8H14N2O2/c1-3-12-7(11)8(2,10)5-4-6-9/h3-5,10H2,1-2H3. The topological polar surface area (TPSA) is 76.1 Å². The van der Waals surface area contributed by atoms with Crippen LogP contribution in [-0.2, 0) is 9.53 Å². The number of nitriles is 1. The van der Waals surface area contributed by atoms with Crippen molar-refractivity contribution in [3.8, 4) is 6.07 Å². The van der Waals surface area contributed by atoms with E-state index in [1.54, 1.807) is 13.8 Å². The number of rotatable bonds is 4. The largest absolute Gasteiger partial charge is 0.465 e. The molecule has 1 unspecified atom stereocenters. The van der Waals surface area contributed by atoms with Gasteiger partial charge < -0.3 is 10.5 Å². The molecule has 4 nitrogen and oxygen atoms in total. The van der Waals surface area contributed by atoms with Crippen molar-refractivity contribution in [3.05, 3.63) is 0 Å². The van der Waals surface area contributed by atoms with Gasteiger partial charge in [0.25, 0.3) is 0 Å². The molecule has 0 rings (SSSR count). The van der Waals surface area contributed by atoms with E-state index < -0.39 is 11.5 Å². The molecule has 0 aromatic carbocycles.